The lowest BCUT2D eigenvalue weighted by Crippen LogP contribution is -2.46. The van der Waals surface area contributed by atoms with E-state index in [2.05, 4.69) is 15.4 Å². The number of benzene rings is 3. The molecule has 3 atom stereocenters. The molecule has 0 spiro atoms. The number of carbonyl (C=O) groups excluding carboxylic acids is 5. The van der Waals surface area contributed by atoms with Crippen LogP contribution in [0.15, 0.2) is 72.8 Å². The summed E-state index contributed by atoms with van der Waals surface area (Å²) in [6.07, 6.45) is 0.234. The Labute approximate surface area is 249 Å². The van der Waals surface area contributed by atoms with Gasteiger partial charge in [-0.3, -0.25) is 19.2 Å². The number of nitrogens with two attached hydrogens (primary N) is 1. The van der Waals surface area contributed by atoms with Crippen LogP contribution in [-0.2, 0) is 14.3 Å². The highest BCUT2D eigenvalue weighted by molar-refractivity contribution is 6.12. The first-order valence-corrected chi connectivity index (χ1v) is 14.0. The van der Waals surface area contributed by atoms with Crippen LogP contribution < -0.4 is 21.3 Å². The maximum atomic E-state index is 13.8. The molecule has 0 unspecified atom stereocenters. The summed E-state index contributed by atoms with van der Waals surface area (Å²) in [7, 11) is 1.22. The molecule has 3 aromatic rings. The van der Waals surface area contributed by atoms with Crippen molar-refractivity contribution in [1.29, 1.82) is 0 Å². The summed E-state index contributed by atoms with van der Waals surface area (Å²) in [5, 5.41) is 5.52. The fourth-order valence-corrected chi connectivity index (χ4v) is 5.53. The van der Waals surface area contributed by atoms with E-state index >= 15 is 0 Å². The molecule has 43 heavy (non-hydrogen) atoms. The standard InChI is InChI=1S/C32H33N5O6/c1-19(32(42)43-2)34-29(39)23-12-13-26-25(16-23)30(40)37-18-24(17-27(37)31(41)36(26)15-14-33)35-28(38)22-10-8-21(9-11-22)20-6-4-3-5-7-20/h3-13,16,19,24,27H,14-15,17-18,33H2,1-2H3,(H,34,39)(H,35,38)/t19-,24-,27-/m0/s1. The number of methoxy groups -OCH3 is 1. The second kappa shape index (κ2) is 12.5. The van der Waals surface area contributed by atoms with Crippen molar-refractivity contribution in [3.63, 3.8) is 0 Å². The fourth-order valence-electron chi connectivity index (χ4n) is 5.53. The minimum absolute atomic E-state index is 0.120. The summed E-state index contributed by atoms with van der Waals surface area (Å²) >= 11 is 0. The molecule has 0 aromatic heterocycles. The Balaban J connectivity index is 1.35. The third kappa shape index (κ3) is 5.98. The Kier molecular flexibility index (Phi) is 8.53. The second-order valence-electron chi connectivity index (χ2n) is 10.6. The summed E-state index contributed by atoms with van der Waals surface area (Å²) in [6, 6.07) is 19.3. The molecule has 0 radical (unpaired) electrons. The van der Waals surface area contributed by atoms with Crippen LogP contribution in [0.25, 0.3) is 11.1 Å². The molecule has 11 heteroatoms. The number of hydrogen-bond acceptors (Lipinski definition) is 7. The Morgan fingerprint density at radius 1 is 0.953 bits per heavy atom. The first-order valence-electron chi connectivity index (χ1n) is 14.0. The van der Waals surface area contributed by atoms with Crippen molar-refractivity contribution in [2.24, 2.45) is 5.73 Å². The van der Waals surface area contributed by atoms with Gasteiger partial charge in [-0.25, -0.2) is 4.79 Å². The number of nitrogens with one attached hydrogen (secondary N) is 2. The fraction of sp³-hybridized carbons (Fsp3) is 0.281. The van der Waals surface area contributed by atoms with Gasteiger partial charge in [-0.05, 0) is 54.8 Å². The van der Waals surface area contributed by atoms with E-state index < -0.39 is 35.9 Å². The van der Waals surface area contributed by atoms with Crippen molar-refractivity contribution in [3.8, 4) is 11.1 Å². The molecule has 11 nitrogen and oxygen atoms in total. The number of rotatable bonds is 8. The Bertz CT molecular complexity index is 1560. The maximum Gasteiger partial charge on any atom is 0.328 e. The summed E-state index contributed by atoms with van der Waals surface area (Å²) in [6.45, 7) is 1.93. The summed E-state index contributed by atoms with van der Waals surface area (Å²) in [4.78, 5) is 68.2. The molecule has 2 heterocycles. The smallest absolute Gasteiger partial charge is 0.328 e. The van der Waals surface area contributed by atoms with Gasteiger partial charge in [0.05, 0.1) is 18.4 Å². The second-order valence-corrected chi connectivity index (χ2v) is 10.6. The molecule has 5 rings (SSSR count). The summed E-state index contributed by atoms with van der Waals surface area (Å²) in [5.74, 6) is -2.24. The zero-order chi connectivity index (χ0) is 30.7. The van der Waals surface area contributed by atoms with Crippen LogP contribution in [0.3, 0.4) is 0 Å². The van der Waals surface area contributed by atoms with Crippen molar-refractivity contribution < 1.29 is 28.7 Å². The molecular weight excluding hydrogens is 550 g/mol. The molecule has 4 N–H and O–H groups in total. The molecule has 222 valence electrons. The zero-order valence-electron chi connectivity index (χ0n) is 23.9. The molecule has 4 amide bonds. The normalized spacial score (nSPS) is 18.3. The summed E-state index contributed by atoms with van der Waals surface area (Å²) < 4.78 is 4.66. The van der Waals surface area contributed by atoms with Crippen LogP contribution in [0.2, 0.25) is 0 Å². The number of anilines is 1. The number of hydrogen-bond donors (Lipinski definition) is 3. The van der Waals surface area contributed by atoms with Crippen LogP contribution in [0.4, 0.5) is 5.69 Å². The lowest BCUT2D eigenvalue weighted by molar-refractivity contribution is -0.142. The minimum atomic E-state index is -0.899. The first kappa shape index (κ1) is 29.5. The zero-order valence-corrected chi connectivity index (χ0v) is 23.9. The van der Waals surface area contributed by atoms with Gasteiger partial charge in [0, 0.05) is 36.8 Å². The number of nitrogens with zero attached hydrogens (tertiary/aromatic N) is 2. The predicted molar refractivity (Wildman–Crippen MR) is 159 cm³/mol. The number of fused-ring (bicyclic) bond motifs is 2. The lowest BCUT2D eigenvalue weighted by Gasteiger charge is -2.25. The molecule has 0 bridgehead atoms. The molecule has 3 aromatic carbocycles. The van der Waals surface area contributed by atoms with Crippen LogP contribution in [0.5, 0.6) is 0 Å². The van der Waals surface area contributed by atoms with Gasteiger partial charge in [0.1, 0.15) is 12.1 Å². The van der Waals surface area contributed by atoms with E-state index in [0.717, 1.165) is 11.1 Å². The van der Waals surface area contributed by atoms with Crippen LogP contribution in [-0.4, -0.2) is 79.4 Å². The molecular formula is C32H33N5O6. The highest BCUT2D eigenvalue weighted by Crippen LogP contribution is 2.33. The molecule has 2 aliphatic heterocycles. The quantitative estimate of drug-likeness (QED) is 0.343. The Hall–Kier alpha value is -5.03. The van der Waals surface area contributed by atoms with E-state index in [0.29, 0.717) is 11.3 Å². The van der Waals surface area contributed by atoms with E-state index in [4.69, 9.17) is 5.73 Å². The van der Waals surface area contributed by atoms with Gasteiger partial charge >= 0.3 is 5.97 Å². The average molecular weight is 584 g/mol. The van der Waals surface area contributed by atoms with Crippen molar-refractivity contribution >= 4 is 35.3 Å². The van der Waals surface area contributed by atoms with E-state index in [-0.39, 0.29) is 49.0 Å². The van der Waals surface area contributed by atoms with Gasteiger partial charge in [0.25, 0.3) is 17.7 Å². The van der Waals surface area contributed by atoms with E-state index in [9.17, 15) is 24.0 Å². The van der Waals surface area contributed by atoms with E-state index in [1.807, 2.05) is 42.5 Å². The van der Waals surface area contributed by atoms with Crippen LogP contribution >= 0.6 is 0 Å². The van der Waals surface area contributed by atoms with Gasteiger partial charge in [0.15, 0.2) is 0 Å². The largest absolute Gasteiger partial charge is 0.467 e. The molecule has 1 saturated heterocycles. The summed E-state index contributed by atoms with van der Waals surface area (Å²) in [5.41, 5.74) is 8.96. The Morgan fingerprint density at radius 2 is 1.63 bits per heavy atom. The third-order valence-corrected chi connectivity index (χ3v) is 7.74. The van der Waals surface area contributed by atoms with Gasteiger partial charge in [0.2, 0.25) is 5.91 Å². The average Bonchev–Trinajstić information content (AvgIpc) is 3.43. The minimum Gasteiger partial charge on any atom is -0.467 e. The maximum absolute atomic E-state index is 13.8. The lowest BCUT2D eigenvalue weighted by atomic mass is 10.0. The molecule has 1 fully saturated rings. The van der Waals surface area contributed by atoms with E-state index in [1.165, 1.54) is 36.0 Å². The predicted octanol–water partition coefficient (Wildman–Crippen LogP) is 1.96. The van der Waals surface area contributed by atoms with Gasteiger partial charge in [-0.15, -0.1) is 0 Å². The Morgan fingerprint density at radius 3 is 2.30 bits per heavy atom. The van der Waals surface area contributed by atoms with Gasteiger partial charge in [-0.1, -0.05) is 42.5 Å². The molecule has 0 saturated carbocycles. The topological polar surface area (TPSA) is 151 Å². The van der Waals surface area contributed by atoms with Crippen molar-refractivity contribution in [1.82, 2.24) is 15.5 Å². The number of carbonyl (C=O) groups is 5. The van der Waals surface area contributed by atoms with Gasteiger partial charge < -0.3 is 30.9 Å². The number of amides is 4. The van der Waals surface area contributed by atoms with E-state index in [1.54, 1.807) is 18.2 Å². The highest BCUT2D eigenvalue weighted by atomic mass is 16.5. The SMILES string of the molecule is COC(=O)[C@H](C)NC(=O)c1ccc2c(c1)C(=O)N1C[C@@H](NC(=O)c3ccc(-c4ccccc4)cc3)C[C@H]1C(=O)N2CCN. The highest BCUT2D eigenvalue weighted by Gasteiger charge is 2.46. The molecule has 2 aliphatic rings. The first-order chi connectivity index (χ1) is 20.7. The van der Waals surface area contributed by atoms with Crippen LogP contribution in [0.1, 0.15) is 44.4 Å². The van der Waals surface area contributed by atoms with Crippen molar-refractivity contribution in [3.05, 3.63) is 89.5 Å². The van der Waals surface area contributed by atoms with Crippen LogP contribution in [0, 0.1) is 0 Å². The number of ether oxygens (including phenoxy) is 1. The van der Waals surface area contributed by atoms with Gasteiger partial charge in [-0.2, -0.15) is 0 Å². The van der Waals surface area contributed by atoms with Crippen molar-refractivity contribution in [2.45, 2.75) is 31.5 Å². The monoisotopic (exact) mass is 583 g/mol. The third-order valence-electron chi connectivity index (χ3n) is 7.74. The number of esters is 1. The van der Waals surface area contributed by atoms with Crippen molar-refractivity contribution in [2.75, 3.05) is 31.6 Å². The molecule has 0 aliphatic carbocycles.